The number of nitrogens with one attached hydrogen (secondary N) is 2. The van der Waals surface area contributed by atoms with Crippen LogP contribution >= 0.6 is 0 Å². The van der Waals surface area contributed by atoms with Crippen LogP contribution in [0, 0.1) is 0 Å². The predicted molar refractivity (Wildman–Crippen MR) is 112 cm³/mol. The third-order valence-electron chi connectivity index (χ3n) is 7.04. The van der Waals surface area contributed by atoms with E-state index in [4.69, 9.17) is 4.98 Å². The van der Waals surface area contributed by atoms with E-state index >= 15 is 0 Å². The van der Waals surface area contributed by atoms with Gasteiger partial charge in [0.25, 0.3) is 0 Å². The Morgan fingerprint density at radius 1 is 0.893 bits per heavy atom. The van der Waals surface area contributed by atoms with E-state index < -0.39 is 0 Å². The third kappa shape index (κ3) is 2.21. The lowest BCUT2D eigenvalue weighted by molar-refractivity contribution is 0.127. The smallest absolute Gasteiger partial charge is 0.113 e. The molecule has 2 aromatic carbocycles. The molecule has 0 spiro atoms. The van der Waals surface area contributed by atoms with Gasteiger partial charge < -0.3 is 10.4 Å². The van der Waals surface area contributed by atoms with E-state index in [0.717, 1.165) is 17.5 Å². The van der Waals surface area contributed by atoms with Gasteiger partial charge >= 0.3 is 0 Å². The quantitative estimate of drug-likeness (QED) is 0.692. The van der Waals surface area contributed by atoms with E-state index in [1.807, 2.05) is 0 Å². The van der Waals surface area contributed by atoms with Crippen molar-refractivity contribution in [3.05, 3.63) is 84.3 Å². The fourth-order valence-electron chi connectivity index (χ4n) is 5.63. The van der Waals surface area contributed by atoms with Crippen molar-refractivity contribution in [2.75, 3.05) is 0 Å². The summed E-state index contributed by atoms with van der Waals surface area (Å²) in [6.07, 6.45) is 12.3. The predicted octanol–water partition coefficient (Wildman–Crippen LogP) is 4.89. The summed E-state index contributed by atoms with van der Waals surface area (Å²) in [6, 6.07) is 19.1. The van der Waals surface area contributed by atoms with Crippen LogP contribution in [0.4, 0.5) is 0 Å². The number of aromatic amines is 1. The minimum Gasteiger partial charge on any atom is -0.342 e. The Kier molecular flexibility index (Phi) is 3.28. The van der Waals surface area contributed by atoms with Gasteiger partial charge in [-0.2, -0.15) is 0 Å². The second-order valence-corrected chi connectivity index (χ2v) is 8.53. The van der Waals surface area contributed by atoms with Crippen molar-refractivity contribution >= 4 is 16.7 Å². The van der Waals surface area contributed by atoms with Crippen molar-refractivity contribution < 1.29 is 0 Å². The van der Waals surface area contributed by atoms with Gasteiger partial charge in [-0.3, -0.25) is 5.01 Å². The van der Waals surface area contributed by atoms with Gasteiger partial charge in [-0.05, 0) is 62.0 Å². The second-order valence-electron chi connectivity index (χ2n) is 8.53. The maximum atomic E-state index is 4.99. The highest BCUT2D eigenvalue weighted by atomic mass is 15.5. The van der Waals surface area contributed by atoms with Gasteiger partial charge in [0.05, 0.1) is 22.3 Å². The van der Waals surface area contributed by atoms with Gasteiger partial charge in [-0.25, -0.2) is 4.98 Å². The number of fused-ring (bicyclic) bond motifs is 3. The molecule has 2 N–H and O–H groups in total. The van der Waals surface area contributed by atoms with Crippen LogP contribution in [-0.2, 0) is 5.41 Å². The average Bonchev–Trinajstić information content (AvgIpc) is 3.47. The van der Waals surface area contributed by atoms with Crippen molar-refractivity contribution in [2.45, 2.75) is 43.1 Å². The number of aromatic nitrogens is 2. The van der Waals surface area contributed by atoms with Crippen LogP contribution in [-0.4, -0.2) is 20.5 Å². The number of H-pyrrole nitrogens is 1. The topological polar surface area (TPSA) is 44.0 Å². The van der Waals surface area contributed by atoms with E-state index in [1.54, 1.807) is 0 Å². The van der Waals surface area contributed by atoms with E-state index in [2.05, 4.69) is 88.4 Å². The number of hydrogen-bond donors (Lipinski definition) is 2. The number of hydrazine groups is 1. The summed E-state index contributed by atoms with van der Waals surface area (Å²) in [5.74, 6) is 1.19. The molecule has 6 rings (SSSR count). The Morgan fingerprint density at radius 3 is 2.50 bits per heavy atom. The van der Waals surface area contributed by atoms with Crippen LogP contribution in [0.5, 0.6) is 0 Å². The minimum absolute atomic E-state index is 0.144. The molecule has 3 aromatic rings. The average molecular weight is 368 g/mol. The first-order valence-corrected chi connectivity index (χ1v) is 10.2. The summed E-state index contributed by atoms with van der Waals surface area (Å²) >= 11 is 0. The molecular weight excluding hydrogens is 344 g/mol. The van der Waals surface area contributed by atoms with Gasteiger partial charge in [-0.1, -0.05) is 42.5 Å². The lowest BCUT2D eigenvalue weighted by Gasteiger charge is -2.43. The van der Waals surface area contributed by atoms with Crippen LogP contribution < -0.4 is 5.43 Å². The fourth-order valence-corrected chi connectivity index (χ4v) is 5.63. The summed E-state index contributed by atoms with van der Waals surface area (Å²) in [7, 11) is 0. The molecule has 4 nitrogen and oxygen atoms in total. The molecule has 0 unspecified atom stereocenters. The maximum absolute atomic E-state index is 4.99. The van der Waals surface area contributed by atoms with Crippen LogP contribution in [0.2, 0.25) is 0 Å². The SMILES string of the molecule is C1=CNN(C23CCC(c4nc5ccccc5[nH]4)(CC2)C3)C(c2ccccc2)=C1. The van der Waals surface area contributed by atoms with Gasteiger partial charge in [0.15, 0.2) is 0 Å². The number of para-hydroxylation sites is 2. The summed E-state index contributed by atoms with van der Waals surface area (Å²) in [6.45, 7) is 0. The lowest BCUT2D eigenvalue weighted by Crippen LogP contribution is -2.51. The van der Waals surface area contributed by atoms with E-state index in [0.29, 0.717) is 0 Å². The van der Waals surface area contributed by atoms with Crippen LogP contribution in [0.15, 0.2) is 72.9 Å². The van der Waals surface area contributed by atoms with Gasteiger partial charge in [-0.15, -0.1) is 0 Å². The number of nitrogens with zero attached hydrogens (tertiary/aromatic N) is 2. The number of imidazole rings is 1. The molecule has 2 saturated carbocycles. The maximum Gasteiger partial charge on any atom is 0.113 e. The Balaban J connectivity index is 1.37. The number of allylic oxidation sites excluding steroid dienone is 2. The molecule has 0 amide bonds. The monoisotopic (exact) mass is 368 g/mol. The summed E-state index contributed by atoms with van der Waals surface area (Å²) in [5, 5.41) is 2.44. The van der Waals surface area contributed by atoms with Crippen molar-refractivity contribution in [2.24, 2.45) is 0 Å². The van der Waals surface area contributed by atoms with Crippen molar-refractivity contribution in [1.82, 2.24) is 20.4 Å². The normalized spacial score (nSPS) is 28.6. The molecular formula is C24H24N4. The first kappa shape index (κ1) is 16.0. The zero-order valence-electron chi connectivity index (χ0n) is 15.9. The second kappa shape index (κ2) is 5.74. The Labute approximate surface area is 164 Å². The molecule has 4 heteroatoms. The first-order chi connectivity index (χ1) is 13.8. The van der Waals surface area contributed by atoms with Crippen LogP contribution in [0.3, 0.4) is 0 Å². The third-order valence-corrected chi connectivity index (χ3v) is 7.04. The van der Waals surface area contributed by atoms with Crippen molar-refractivity contribution in [3.63, 3.8) is 0 Å². The van der Waals surface area contributed by atoms with Crippen LogP contribution in [0.25, 0.3) is 16.7 Å². The number of benzene rings is 2. The summed E-state index contributed by atoms with van der Waals surface area (Å²) in [4.78, 5) is 8.64. The van der Waals surface area contributed by atoms with Gasteiger partial charge in [0.1, 0.15) is 5.82 Å². The molecule has 0 atom stereocenters. The molecule has 2 heterocycles. The highest BCUT2D eigenvalue weighted by Gasteiger charge is 2.59. The van der Waals surface area contributed by atoms with E-state index in [9.17, 15) is 0 Å². The molecule has 0 radical (unpaired) electrons. The van der Waals surface area contributed by atoms with E-state index in [1.165, 1.54) is 42.8 Å². The fraction of sp³-hybridized carbons (Fsp3) is 0.292. The zero-order chi connectivity index (χ0) is 18.6. The van der Waals surface area contributed by atoms with E-state index in [-0.39, 0.29) is 11.0 Å². The number of rotatable bonds is 3. The number of hydrogen-bond acceptors (Lipinski definition) is 3. The summed E-state index contributed by atoms with van der Waals surface area (Å²) in [5.41, 5.74) is 8.66. The molecule has 28 heavy (non-hydrogen) atoms. The molecule has 140 valence electrons. The lowest BCUT2D eigenvalue weighted by atomic mass is 9.83. The molecule has 1 aliphatic heterocycles. The minimum atomic E-state index is 0.144. The molecule has 3 aliphatic rings. The standard InChI is InChI=1S/C24H24N4/c1-2-7-18(8-3-1)21-11-6-16-25-28(21)24-14-12-23(17-24,13-15-24)22-26-19-9-4-5-10-20(19)27-22/h1-11,16,25H,12-15,17H2,(H,26,27). The Bertz CT molecular complexity index is 1050. The molecule has 2 bridgehead atoms. The van der Waals surface area contributed by atoms with Crippen molar-refractivity contribution in [1.29, 1.82) is 0 Å². The first-order valence-electron chi connectivity index (χ1n) is 10.2. The highest BCUT2D eigenvalue weighted by Crippen LogP contribution is 2.60. The zero-order valence-corrected chi connectivity index (χ0v) is 15.9. The van der Waals surface area contributed by atoms with Gasteiger partial charge in [0, 0.05) is 11.6 Å². The Hall–Kier alpha value is -3.01. The highest BCUT2D eigenvalue weighted by molar-refractivity contribution is 5.75. The van der Waals surface area contributed by atoms with Crippen molar-refractivity contribution in [3.8, 4) is 0 Å². The van der Waals surface area contributed by atoms with Gasteiger partial charge in [0.2, 0.25) is 0 Å². The Morgan fingerprint density at radius 2 is 1.68 bits per heavy atom. The molecule has 2 fully saturated rings. The summed E-state index contributed by atoms with van der Waals surface area (Å²) < 4.78 is 0. The molecule has 2 aliphatic carbocycles. The molecule has 1 aromatic heterocycles. The van der Waals surface area contributed by atoms with Crippen LogP contribution in [0.1, 0.15) is 43.5 Å². The largest absolute Gasteiger partial charge is 0.342 e. The molecule has 0 saturated heterocycles.